The van der Waals surface area contributed by atoms with Crippen LogP contribution in [0.15, 0.2) is 36.5 Å². The Kier molecular flexibility index (Phi) is 55.9. The van der Waals surface area contributed by atoms with Crippen molar-refractivity contribution in [1.82, 2.24) is 5.32 Å². The topological polar surface area (TPSA) is 89.8 Å². The van der Waals surface area contributed by atoms with E-state index in [0.717, 1.165) is 32.1 Å². The number of rotatable bonds is 56. The van der Waals surface area contributed by atoms with Crippen molar-refractivity contribution in [3.63, 3.8) is 0 Å². The lowest BCUT2D eigenvalue weighted by atomic mass is 10.0. The van der Waals surface area contributed by atoms with Gasteiger partial charge in [0.1, 0.15) is 0 Å². The highest BCUT2D eigenvalue weighted by atomic mass is 16.3. The molecule has 0 heterocycles. The monoisotopic (exact) mass is 942 g/mol. The average molecular weight is 943 g/mol. The zero-order chi connectivity index (χ0) is 48.6. The predicted molar refractivity (Wildman–Crippen MR) is 296 cm³/mol. The summed E-state index contributed by atoms with van der Waals surface area (Å²) >= 11 is 0. The van der Waals surface area contributed by atoms with Crippen molar-refractivity contribution < 1.29 is 20.1 Å². The van der Waals surface area contributed by atoms with E-state index in [1.54, 1.807) is 6.08 Å². The lowest BCUT2D eigenvalue weighted by molar-refractivity contribution is -0.124. The Morgan fingerprint density at radius 1 is 0.373 bits per heavy atom. The zero-order valence-corrected chi connectivity index (χ0v) is 45.3. The van der Waals surface area contributed by atoms with Crippen LogP contribution in [0.2, 0.25) is 0 Å². The molecule has 0 radical (unpaired) electrons. The van der Waals surface area contributed by atoms with Gasteiger partial charge in [-0.15, -0.1) is 0 Å². The summed E-state index contributed by atoms with van der Waals surface area (Å²) in [5, 5.41) is 33.5. The molecule has 0 saturated heterocycles. The number of aliphatic hydroxyl groups is 3. The lowest BCUT2D eigenvalue weighted by Crippen LogP contribution is -2.45. The van der Waals surface area contributed by atoms with Gasteiger partial charge in [0.05, 0.1) is 31.3 Å². The molecule has 0 aliphatic rings. The lowest BCUT2D eigenvalue weighted by Gasteiger charge is -2.21. The van der Waals surface area contributed by atoms with Crippen molar-refractivity contribution in [1.29, 1.82) is 0 Å². The van der Waals surface area contributed by atoms with Gasteiger partial charge in [-0.2, -0.15) is 0 Å². The molecule has 3 unspecified atom stereocenters. The predicted octanol–water partition coefficient (Wildman–Crippen LogP) is 19.0. The van der Waals surface area contributed by atoms with E-state index in [1.807, 2.05) is 6.08 Å². The molecule has 396 valence electrons. The molecule has 67 heavy (non-hydrogen) atoms. The average Bonchev–Trinajstić information content (AvgIpc) is 3.32. The van der Waals surface area contributed by atoms with Crippen LogP contribution in [-0.4, -0.2) is 46.1 Å². The number of hydrogen-bond acceptors (Lipinski definition) is 4. The van der Waals surface area contributed by atoms with E-state index in [0.29, 0.717) is 6.42 Å². The fourth-order valence-electron chi connectivity index (χ4n) is 9.53. The maximum Gasteiger partial charge on any atom is 0.222 e. The van der Waals surface area contributed by atoms with Gasteiger partial charge in [0.2, 0.25) is 5.91 Å². The van der Waals surface area contributed by atoms with E-state index in [9.17, 15) is 20.1 Å². The Morgan fingerprint density at radius 2 is 0.642 bits per heavy atom. The molecule has 0 aromatic carbocycles. The fraction of sp³-hybridized carbons (Fsp3) is 0.887. The van der Waals surface area contributed by atoms with E-state index >= 15 is 0 Å². The van der Waals surface area contributed by atoms with E-state index in [1.165, 1.54) is 270 Å². The Bertz CT molecular complexity index is 1040. The highest BCUT2D eigenvalue weighted by Crippen LogP contribution is 2.18. The Labute approximate surface area is 419 Å². The largest absolute Gasteiger partial charge is 0.394 e. The van der Waals surface area contributed by atoms with Crippen molar-refractivity contribution in [3.8, 4) is 0 Å². The molecule has 3 atom stereocenters. The van der Waals surface area contributed by atoms with Crippen LogP contribution in [-0.2, 0) is 4.79 Å². The van der Waals surface area contributed by atoms with Gasteiger partial charge in [-0.1, -0.05) is 301 Å². The van der Waals surface area contributed by atoms with Gasteiger partial charge in [0.25, 0.3) is 0 Å². The van der Waals surface area contributed by atoms with Gasteiger partial charge in [-0.25, -0.2) is 0 Å². The number of carbonyl (C=O) groups excluding carboxylic acids is 1. The molecule has 4 N–H and O–H groups in total. The second-order valence-corrected chi connectivity index (χ2v) is 21.0. The fourth-order valence-corrected chi connectivity index (χ4v) is 9.53. The van der Waals surface area contributed by atoms with Crippen LogP contribution in [0.3, 0.4) is 0 Å². The normalized spacial score (nSPS) is 13.4. The van der Waals surface area contributed by atoms with E-state index in [4.69, 9.17) is 0 Å². The Morgan fingerprint density at radius 3 is 0.955 bits per heavy atom. The van der Waals surface area contributed by atoms with E-state index < -0.39 is 18.2 Å². The molecule has 0 aromatic rings. The molecule has 0 aliphatic heterocycles. The summed E-state index contributed by atoms with van der Waals surface area (Å²) in [5.74, 6) is -0.321. The van der Waals surface area contributed by atoms with Crippen LogP contribution in [0.4, 0.5) is 0 Å². The summed E-state index contributed by atoms with van der Waals surface area (Å²) in [4.78, 5) is 12.5. The summed E-state index contributed by atoms with van der Waals surface area (Å²) in [6, 6.07) is -0.762. The third-order valence-electron chi connectivity index (χ3n) is 14.1. The number of allylic oxidation sites excluding steroid dienone is 5. The van der Waals surface area contributed by atoms with Gasteiger partial charge in [0.15, 0.2) is 0 Å². The third kappa shape index (κ3) is 53.8. The number of amides is 1. The smallest absolute Gasteiger partial charge is 0.222 e. The number of unbranched alkanes of at least 4 members (excludes halogenated alkanes) is 43. The molecule has 0 rings (SSSR count). The van der Waals surface area contributed by atoms with Crippen LogP contribution >= 0.6 is 0 Å². The van der Waals surface area contributed by atoms with Gasteiger partial charge >= 0.3 is 0 Å². The molecule has 0 aromatic heterocycles. The molecular weight excluding hydrogens is 823 g/mol. The van der Waals surface area contributed by atoms with Crippen molar-refractivity contribution in [2.45, 2.75) is 347 Å². The standard InChI is InChI=1S/C62H119NO4/c1-3-5-7-9-11-13-15-17-19-21-23-25-27-29-30-31-32-33-35-37-39-41-43-45-47-49-51-53-55-59(65)57-62(67)63-60(58-64)61(66)56-54-52-50-48-46-44-42-40-38-36-34-28-26-24-22-20-18-16-14-12-10-8-6-4-2/h29-30,46,48,54,56,59-61,64-66H,3-28,31-45,47,49-53,55,57-58H2,1-2H3,(H,63,67)/b30-29-,48-46+,56-54+. The summed E-state index contributed by atoms with van der Waals surface area (Å²) in [6.07, 6.45) is 75.0. The molecule has 5 heteroatoms. The number of hydrogen-bond donors (Lipinski definition) is 4. The van der Waals surface area contributed by atoms with Crippen molar-refractivity contribution in [2.75, 3.05) is 6.61 Å². The minimum Gasteiger partial charge on any atom is -0.394 e. The SMILES string of the molecule is CCCCCCCCCCCCCC/C=C\CCCCCCCCCCCCCCC(O)CC(=O)NC(CO)C(O)/C=C/CC/C=C/CCCCCCCCCCCCCCCCCCCC. The van der Waals surface area contributed by atoms with Gasteiger partial charge in [0, 0.05) is 0 Å². The highest BCUT2D eigenvalue weighted by molar-refractivity contribution is 5.76. The number of nitrogens with one attached hydrogen (secondary N) is 1. The maximum absolute atomic E-state index is 12.5. The Balaban J connectivity index is 3.57. The molecule has 1 amide bonds. The van der Waals surface area contributed by atoms with E-state index in [-0.39, 0.29) is 18.9 Å². The summed E-state index contributed by atoms with van der Waals surface area (Å²) in [6.45, 7) is 4.24. The van der Waals surface area contributed by atoms with Crippen molar-refractivity contribution in [3.05, 3.63) is 36.5 Å². The molecule has 0 fully saturated rings. The number of aliphatic hydroxyl groups excluding tert-OH is 3. The van der Waals surface area contributed by atoms with Gasteiger partial charge < -0.3 is 20.6 Å². The summed E-state index contributed by atoms with van der Waals surface area (Å²) in [5.41, 5.74) is 0. The third-order valence-corrected chi connectivity index (χ3v) is 14.1. The molecule has 0 bridgehead atoms. The Hall–Kier alpha value is -1.43. The van der Waals surface area contributed by atoms with Crippen molar-refractivity contribution >= 4 is 5.91 Å². The molecular formula is C62H119NO4. The number of carbonyl (C=O) groups is 1. The van der Waals surface area contributed by atoms with Gasteiger partial charge in [-0.3, -0.25) is 4.79 Å². The molecule has 5 nitrogen and oxygen atoms in total. The van der Waals surface area contributed by atoms with Crippen molar-refractivity contribution in [2.24, 2.45) is 0 Å². The second-order valence-electron chi connectivity index (χ2n) is 21.0. The zero-order valence-electron chi connectivity index (χ0n) is 45.3. The quantitative estimate of drug-likeness (QED) is 0.0361. The molecule has 0 aliphatic carbocycles. The second kappa shape index (κ2) is 57.2. The van der Waals surface area contributed by atoms with Crippen LogP contribution in [0, 0.1) is 0 Å². The first-order chi connectivity index (χ1) is 33.0. The van der Waals surface area contributed by atoms with Crippen LogP contribution in [0.5, 0.6) is 0 Å². The first-order valence-electron chi connectivity index (χ1n) is 30.3. The van der Waals surface area contributed by atoms with Crippen LogP contribution in [0.1, 0.15) is 328 Å². The minimum atomic E-state index is -0.953. The first kappa shape index (κ1) is 65.6. The summed E-state index contributed by atoms with van der Waals surface area (Å²) in [7, 11) is 0. The molecule has 0 saturated carbocycles. The highest BCUT2D eigenvalue weighted by Gasteiger charge is 2.20. The van der Waals surface area contributed by atoms with Gasteiger partial charge in [-0.05, 0) is 57.8 Å². The minimum absolute atomic E-state index is 0.00735. The molecule has 0 spiro atoms. The van der Waals surface area contributed by atoms with Crippen LogP contribution in [0.25, 0.3) is 0 Å². The van der Waals surface area contributed by atoms with Crippen LogP contribution < -0.4 is 5.32 Å². The first-order valence-corrected chi connectivity index (χ1v) is 30.3. The van der Waals surface area contributed by atoms with E-state index in [2.05, 4.69) is 43.5 Å². The maximum atomic E-state index is 12.5. The summed E-state index contributed by atoms with van der Waals surface area (Å²) < 4.78 is 0.